The minimum Gasteiger partial charge on any atom is -0.455 e. The van der Waals surface area contributed by atoms with Crippen LogP contribution in [0.2, 0.25) is 0 Å². The van der Waals surface area contributed by atoms with Crippen LogP contribution in [0.15, 0.2) is 247 Å². The lowest BCUT2D eigenvalue weighted by Crippen LogP contribution is -2.11. The molecule has 0 bridgehead atoms. The Bertz CT molecular complexity index is 3560. The smallest absolute Gasteiger partial charge is 0.143 e. The Balaban J connectivity index is 1.01. The van der Waals surface area contributed by atoms with Crippen LogP contribution in [0.5, 0.6) is 0 Å². The van der Waals surface area contributed by atoms with Crippen LogP contribution in [-0.2, 0) is 0 Å². The molecule has 0 atom stereocenters. The van der Waals surface area contributed by atoms with Gasteiger partial charge in [-0.3, -0.25) is 0 Å². The van der Waals surface area contributed by atoms with E-state index in [0.29, 0.717) is 0 Å². The summed E-state index contributed by atoms with van der Waals surface area (Å²) in [6.45, 7) is 0. The van der Waals surface area contributed by atoms with Crippen LogP contribution < -0.4 is 4.90 Å². The maximum Gasteiger partial charge on any atom is 0.143 e. The van der Waals surface area contributed by atoms with E-state index < -0.39 is 0 Å². The first-order chi connectivity index (χ1) is 31.3. The van der Waals surface area contributed by atoms with Crippen LogP contribution in [0.25, 0.3) is 93.9 Å². The van der Waals surface area contributed by atoms with E-state index in [9.17, 15) is 0 Å². The van der Waals surface area contributed by atoms with Crippen molar-refractivity contribution in [3.8, 4) is 50.2 Å². The number of rotatable bonds is 8. The van der Waals surface area contributed by atoms with Crippen molar-refractivity contribution in [1.82, 2.24) is 4.57 Å². The minimum absolute atomic E-state index is 0.899. The molecule has 0 aliphatic carbocycles. The third-order valence-corrected chi connectivity index (χ3v) is 12.4. The summed E-state index contributed by atoms with van der Waals surface area (Å²) in [4.78, 5) is 2.39. The number of hydrogen-bond donors (Lipinski definition) is 0. The molecule has 0 radical (unpaired) electrons. The van der Waals surface area contributed by atoms with Gasteiger partial charge in [-0.25, -0.2) is 0 Å². The molecular weight excluding hydrogens is 765 g/mol. The Labute approximate surface area is 366 Å². The predicted octanol–water partition coefficient (Wildman–Crippen LogP) is 16.8. The lowest BCUT2D eigenvalue weighted by Gasteiger charge is -2.29. The zero-order chi connectivity index (χ0) is 41.7. The molecule has 0 spiro atoms. The topological polar surface area (TPSA) is 21.3 Å². The second kappa shape index (κ2) is 15.3. The molecule has 0 aliphatic rings. The van der Waals surface area contributed by atoms with Gasteiger partial charge in [0, 0.05) is 49.6 Å². The van der Waals surface area contributed by atoms with E-state index in [1.54, 1.807) is 0 Å². The highest BCUT2D eigenvalue weighted by molar-refractivity contribution is 6.11. The summed E-state index contributed by atoms with van der Waals surface area (Å²) in [7, 11) is 0. The maximum atomic E-state index is 6.48. The fourth-order valence-corrected chi connectivity index (χ4v) is 9.56. The quantitative estimate of drug-likeness (QED) is 0.153. The fraction of sp³-hybridized carbons (Fsp3) is 0. The summed E-state index contributed by atoms with van der Waals surface area (Å²) in [5.41, 5.74) is 17.7. The number of furan rings is 1. The molecule has 3 nitrogen and oxygen atoms in total. The molecule has 0 aliphatic heterocycles. The van der Waals surface area contributed by atoms with E-state index in [1.165, 1.54) is 44.1 Å². The van der Waals surface area contributed by atoms with E-state index in [2.05, 4.69) is 240 Å². The van der Waals surface area contributed by atoms with E-state index in [-0.39, 0.29) is 0 Å². The number of hydrogen-bond acceptors (Lipinski definition) is 2. The van der Waals surface area contributed by atoms with Crippen LogP contribution in [0, 0.1) is 0 Å². The highest BCUT2D eigenvalue weighted by atomic mass is 16.3. The van der Waals surface area contributed by atoms with Crippen molar-refractivity contribution < 1.29 is 4.42 Å². The van der Waals surface area contributed by atoms with Gasteiger partial charge in [-0.15, -0.1) is 0 Å². The molecule has 12 aromatic rings. The summed E-state index contributed by atoms with van der Waals surface area (Å²) < 4.78 is 8.89. The first-order valence-corrected chi connectivity index (χ1v) is 21.5. The van der Waals surface area contributed by atoms with Crippen molar-refractivity contribution in [2.45, 2.75) is 0 Å². The largest absolute Gasteiger partial charge is 0.455 e. The van der Waals surface area contributed by atoms with Gasteiger partial charge in [0.15, 0.2) is 0 Å². The van der Waals surface area contributed by atoms with Gasteiger partial charge >= 0.3 is 0 Å². The third kappa shape index (κ3) is 6.21. The van der Waals surface area contributed by atoms with Crippen molar-refractivity contribution in [2.75, 3.05) is 4.90 Å². The number of benzene rings is 10. The van der Waals surface area contributed by atoms with Crippen molar-refractivity contribution in [3.63, 3.8) is 0 Å². The molecule has 0 amide bonds. The first kappa shape index (κ1) is 36.5. The standard InChI is InChI=1S/C60H40N2O/c1-2-17-41(18-3-1)46-19-4-5-21-49(46)50-22-7-12-29-56(50)61(45-39-35-43(36-40-45)48-26-16-27-54-53-25-10-15-32-59(53)63-60(48)54)44-37-33-42(34-38-44)47-20-6-11-28-55(47)62-57-30-13-8-23-51(57)52-24-9-14-31-58(52)62/h1-40H. The van der Waals surface area contributed by atoms with Crippen molar-refractivity contribution in [1.29, 1.82) is 0 Å². The van der Waals surface area contributed by atoms with Crippen LogP contribution in [-0.4, -0.2) is 4.57 Å². The SMILES string of the molecule is c1ccc(-c2ccccc2-c2ccccc2N(c2ccc(-c3ccccc3-n3c4ccccc4c4ccccc43)cc2)c2ccc(-c3cccc4c3oc3ccccc34)cc2)cc1. The van der Waals surface area contributed by atoms with Gasteiger partial charge in [0.2, 0.25) is 0 Å². The zero-order valence-electron chi connectivity index (χ0n) is 34.4. The van der Waals surface area contributed by atoms with E-state index >= 15 is 0 Å². The summed E-state index contributed by atoms with van der Waals surface area (Å²) in [5, 5.41) is 4.76. The molecule has 0 unspecified atom stereocenters. The number of fused-ring (bicyclic) bond motifs is 6. The highest BCUT2D eigenvalue weighted by Gasteiger charge is 2.21. The van der Waals surface area contributed by atoms with Crippen LogP contribution in [0.1, 0.15) is 0 Å². The van der Waals surface area contributed by atoms with E-state index in [4.69, 9.17) is 4.42 Å². The van der Waals surface area contributed by atoms with Crippen molar-refractivity contribution in [3.05, 3.63) is 243 Å². The van der Waals surface area contributed by atoms with Crippen molar-refractivity contribution >= 4 is 60.8 Å². The van der Waals surface area contributed by atoms with Gasteiger partial charge in [-0.2, -0.15) is 0 Å². The molecule has 0 fully saturated rings. The lowest BCUT2D eigenvalue weighted by atomic mass is 9.93. The zero-order valence-corrected chi connectivity index (χ0v) is 34.4. The average Bonchev–Trinajstić information content (AvgIpc) is 3.91. The Hall–Kier alpha value is -8.40. The van der Waals surface area contributed by atoms with Crippen LogP contribution in [0.3, 0.4) is 0 Å². The van der Waals surface area contributed by atoms with Gasteiger partial charge in [-0.05, 0) is 82.4 Å². The van der Waals surface area contributed by atoms with Gasteiger partial charge < -0.3 is 13.9 Å². The van der Waals surface area contributed by atoms with Crippen molar-refractivity contribution in [2.24, 2.45) is 0 Å². The average molecular weight is 805 g/mol. The second-order valence-corrected chi connectivity index (χ2v) is 16.0. The minimum atomic E-state index is 0.899. The Kier molecular flexibility index (Phi) is 8.83. The monoisotopic (exact) mass is 804 g/mol. The fourth-order valence-electron chi connectivity index (χ4n) is 9.56. The molecule has 0 N–H and O–H groups in total. The summed E-state index contributed by atoms with van der Waals surface area (Å²) >= 11 is 0. The Morgan fingerprint density at radius 2 is 0.778 bits per heavy atom. The van der Waals surface area contributed by atoms with Gasteiger partial charge in [0.1, 0.15) is 11.2 Å². The number of para-hydroxylation sites is 6. The van der Waals surface area contributed by atoms with Crippen LogP contribution in [0.4, 0.5) is 17.1 Å². The molecule has 0 saturated heterocycles. The summed E-state index contributed by atoms with van der Waals surface area (Å²) in [6, 6.07) is 87.1. The summed E-state index contributed by atoms with van der Waals surface area (Å²) in [6.07, 6.45) is 0. The molecule has 2 aromatic heterocycles. The van der Waals surface area contributed by atoms with Gasteiger partial charge in [0.05, 0.1) is 22.4 Å². The molecular formula is C60H40N2O. The molecule has 3 heteroatoms. The second-order valence-electron chi connectivity index (χ2n) is 16.0. The Morgan fingerprint density at radius 3 is 1.48 bits per heavy atom. The predicted molar refractivity (Wildman–Crippen MR) is 264 cm³/mol. The third-order valence-electron chi connectivity index (χ3n) is 12.4. The van der Waals surface area contributed by atoms with Gasteiger partial charge in [0.25, 0.3) is 0 Å². The van der Waals surface area contributed by atoms with Crippen LogP contribution >= 0.6 is 0 Å². The van der Waals surface area contributed by atoms with E-state index in [1.807, 2.05) is 12.1 Å². The Morgan fingerprint density at radius 1 is 0.302 bits per heavy atom. The number of aromatic nitrogens is 1. The number of nitrogens with zero attached hydrogens (tertiary/aromatic N) is 2. The lowest BCUT2D eigenvalue weighted by molar-refractivity contribution is 0.670. The summed E-state index contributed by atoms with van der Waals surface area (Å²) in [5.74, 6) is 0. The normalized spacial score (nSPS) is 11.5. The van der Waals surface area contributed by atoms with Gasteiger partial charge in [-0.1, -0.05) is 188 Å². The molecule has 63 heavy (non-hydrogen) atoms. The number of anilines is 3. The first-order valence-electron chi connectivity index (χ1n) is 21.5. The van der Waals surface area contributed by atoms with E-state index in [0.717, 1.165) is 66.9 Å². The highest BCUT2D eigenvalue weighted by Crippen LogP contribution is 2.45. The molecule has 12 rings (SSSR count). The molecule has 2 heterocycles. The molecule has 10 aromatic carbocycles. The molecule has 0 saturated carbocycles. The molecule has 296 valence electrons. The maximum absolute atomic E-state index is 6.48.